The quantitative estimate of drug-likeness (QED) is 0.608. The first kappa shape index (κ1) is 18.5. The number of hydrogen-bond donors (Lipinski definition) is 1. The van der Waals surface area contributed by atoms with Gasteiger partial charge in [0.05, 0.1) is 6.04 Å². The zero-order valence-electron chi connectivity index (χ0n) is 14.4. The Morgan fingerprint density at radius 2 is 1.71 bits per heavy atom. The summed E-state index contributed by atoms with van der Waals surface area (Å²) in [6.07, 6.45) is 0.665. The van der Waals surface area contributed by atoms with E-state index < -0.39 is 0 Å². The van der Waals surface area contributed by atoms with Gasteiger partial charge in [-0.25, -0.2) is 0 Å². The van der Waals surface area contributed by atoms with Crippen LogP contribution in [0.2, 0.25) is 0 Å². The molecule has 1 N–H and O–H groups in total. The van der Waals surface area contributed by atoms with E-state index in [2.05, 4.69) is 31.3 Å². The van der Waals surface area contributed by atoms with Gasteiger partial charge in [0, 0.05) is 36.0 Å². The van der Waals surface area contributed by atoms with Gasteiger partial charge in [0.15, 0.2) is 0 Å². The van der Waals surface area contributed by atoms with Crippen molar-refractivity contribution < 1.29 is 14.4 Å². The minimum Gasteiger partial charge on any atom is -0.350 e. The lowest BCUT2D eigenvalue weighted by molar-refractivity contribution is -0.138. The van der Waals surface area contributed by atoms with Crippen molar-refractivity contribution in [1.82, 2.24) is 10.2 Å². The second-order valence-electron chi connectivity index (χ2n) is 6.21. The lowest BCUT2D eigenvalue weighted by Gasteiger charge is -2.17. The van der Waals surface area contributed by atoms with Crippen LogP contribution >= 0.6 is 11.8 Å². The van der Waals surface area contributed by atoms with Crippen LogP contribution in [0.15, 0.2) is 29.2 Å². The van der Waals surface area contributed by atoms with Crippen LogP contribution in [0.1, 0.15) is 51.6 Å². The summed E-state index contributed by atoms with van der Waals surface area (Å²) in [5.74, 6) is -0.520. The van der Waals surface area contributed by atoms with E-state index in [9.17, 15) is 14.4 Å². The molecule has 0 radical (unpaired) electrons. The number of nitrogens with one attached hydrogen (secondary N) is 1. The zero-order chi connectivity index (χ0) is 17.7. The van der Waals surface area contributed by atoms with Gasteiger partial charge < -0.3 is 5.32 Å². The molecule has 1 heterocycles. The van der Waals surface area contributed by atoms with E-state index in [0.717, 1.165) is 5.56 Å². The molecule has 130 valence electrons. The molecule has 1 aromatic rings. The van der Waals surface area contributed by atoms with E-state index in [0.29, 0.717) is 5.25 Å². The molecule has 0 spiro atoms. The molecule has 3 amide bonds. The predicted molar refractivity (Wildman–Crippen MR) is 94.6 cm³/mol. The summed E-state index contributed by atoms with van der Waals surface area (Å²) < 4.78 is 0. The maximum absolute atomic E-state index is 12.0. The van der Waals surface area contributed by atoms with Crippen LogP contribution < -0.4 is 5.32 Å². The Balaban J connectivity index is 1.82. The molecule has 1 atom stereocenters. The molecule has 0 aromatic heterocycles. The minimum atomic E-state index is -0.181. The molecule has 1 unspecified atom stereocenters. The van der Waals surface area contributed by atoms with E-state index >= 15 is 0 Å². The smallest absolute Gasteiger partial charge is 0.229 e. The Morgan fingerprint density at radius 1 is 1.12 bits per heavy atom. The van der Waals surface area contributed by atoms with E-state index in [4.69, 9.17) is 0 Å². The molecule has 1 aliphatic rings. The molecule has 24 heavy (non-hydrogen) atoms. The number of imide groups is 1. The van der Waals surface area contributed by atoms with Gasteiger partial charge in [0.25, 0.3) is 0 Å². The molecule has 5 nitrogen and oxygen atoms in total. The third kappa shape index (κ3) is 5.09. The number of nitrogens with zero attached hydrogens (tertiary/aromatic N) is 1. The summed E-state index contributed by atoms with van der Waals surface area (Å²) in [4.78, 5) is 37.5. The van der Waals surface area contributed by atoms with Crippen LogP contribution in [-0.4, -0.2) is 34.4 Å². The van der Waals surface area contributed by atoms with Gasteiger partial charge in [-0.1, -0.05) is 26.0 Å². The number of carbonyl (C=O) groups excluding carboxylic acids is 3. The first-order valence-electron chi connectivity index (χ1n) is 8.26. The van der Waals surface area contributed by atoms with Crippen molar-refractivity contribution >= 4 is 29.5 Å². The maximum atomic E-state index is 12.0. The number of thioether (sulfide) groups is 1. The van der Waals surface area contributed by atoms with Crippen LogP contribution in [0.25, 0.3) is 0 Å². The fourth-order valence-corrected chi connectivity index (χ4v) is 3.43. The lowest BCUT2D eigenvalue weighted by atomic mass is 10.1. The molecule has 1 fully saturated rings. The first-order valence-corrected chi connectivity index (χ1v) is 9.14. The number of benzene rings is 1. The highest BCUT2D eigenvalue weighted by atomic mass is 32.2. The summed E-state index contributed by atoms with van der Waals surface area (Å²) in [6.45, 7) is 6.39. The van der Waals surface area contributed by atoms with E-state index in [1.54, 1.807) is 11.8 Å². The minimum absolute atomic E-state index is 0.111. The molecular weight excluding hydrogens is 324 g/mol. The van der Waals surface area contributed by atoms with E-state index in [-0.39, 0.29) is 49.6 Å². The molecule has 1 aliphatic heterocycles. The Hall–Kier alpha value is -1.82. The van der Waals surface area contributed by atoms with Crippen LogP contribution in [0.3, 0.4) is 0 Å². The second-order valence-corrected chi connectivity index (χ2v) is 7.86. The monoisotopic (exact) mass is 348 g/mol. The van der Waals surface area contributed by atoms with Crippen molar-refractivity contribution in [1.29, 1.82) is 0 Å². The fourth-order valence-electron chi connectivity index (χ4n) is 2.59. The summed E-state index contributed by atoms with van der Waals surface area (Å²) >= 11 is 1.80. The normalized spacial score (nSPS) is 15.9. The van der Waals surface area contributed by atoms with Crippen molar-refractivity contribution in [2.45, 2.75) is 56.2 Å². The predicted octanol–water partition coefficient (Wildman–Crippen LogP) is 2.90. The van der Waals surface area contributed by atoms with Crippen molar-refractivity contribution in [2.24, 2.45) is 0 Å². The highest BCUT2D eigenvalue weighted by molar-refractivity contribution is 7.99. The Bertz CT molecular complexity index is 597. The van der Waals surface area contributed by atoms with Crippen molar-refractivity contribution in [2.75, 3.05) is 6.54 Å². The standard InChI is InChI=1S/C18H24N2O3S/c1-12(2)24-15-6-4-14(5-7-15)13(3)19-16(21)10-11-20-17(22)8-9-18(20)23/h4-7,12-13H,8-11H2,1-3H3,(H,19,21). The van der Waals surface area contributed by atoms with Crippen molar-refractivity contribution in [3.05, 3.63) is 29.8 Å². The molecule has 0 saturated carbocycles. The van der Waals surface area contributed by atoms with Crippen LogP contribution in [0, 0.1) is 0 Å². The fraction of sp³-hybridized carbons (Fsp3) is 0.500. The Labute approximate surface area is 147 Å². The average Bonchev–Trinajstić information content (AvgIpc) is 2.84. The highest BCUT2D eigenvalue weighted by Crippen LogP contribution is 2.24. The summed E-state index contributed by atoms with van der Waals surface area (Å²) in [6, 6.07) is 8.04. The summed E-state index contributed by atoms with van der Waals surface area (Å²) in [7, 11) is 0. The van der Waals surface area contributed by atoms with Crippen LogP contribution in [0.4, 0.5) is 0 Å². The Morgan fingerprint density at radius 3 is 2.25 bits per heavy atom. The third-order valence-corrected chi connectivity index (χ3v) is 4.86. The van der Waals surface area contributed by atoms with Crippen molar-refractivity contribution in [3.63, 3.8) is 0 Å². The first-order chi connectivity index (χ1) is 11.4. The highest BCUT2D eigenvalue weighted by Gasteiger charge is 2.28. The topological polar surface area (TPSA) is 66.5 Å². The van der Waals surface area contributed by atoms with Gasteiger partial charge in [0.1, 0.15) is 0 Å². The van der Waals surface area contributed by atoms with E-state index in [1.165, 1.54) is 9.80 Å². The second kappa shape index (κ2) is 8.33. The molecule has 0 aliphatic carbocycles. The molecule has 0 bridgehead atoms. The number of rotatable bonds is 7. The number of hydrogen-bond acceptors (Lipinski definition) is 4. The SMILES string of the molecule is CC(C)Sc1ccc(C(C)NC(=O)CCN2C(=O)CCC2=O)cc1. The molecule has 1 saturated heterocycles. The molecular formula is C18H24N2O3S. The number of amides is 3. The van der Waals surface area contributed by atoms with Gasteiger partial charge in [-0.05, 0) is 24.6 Å². The van der Waals surface area contributed by atoms with Gasteiger partial charge >= 0.3 is 0 Å². The summed E-state index contributed by atoms with van der Waals surface area (Å²) in [5.41, 5.74) is 1.03. The van der Waals surface area contributed by atoms with Crippen LogP contribution in [0.5, 0.6) is 0 Å². The van der Waals surface area contributed by atoms with Gasteiger partial charge in [-0.15, -0.1) is 11.8 Å². The van der Waals surface area contributed by atoms with Gasteiger partial charge in [0.2, 0.25) is 17.7 Å². The number of likely N-dealkylation sites (tertiary alicyclic amines) is 1. The zero-order valence-corrected chi connectivity index (χ0v) is 15.2. The lowest BCUT2D eigenvalue weighted by Crippen LogP contribution is -2.34. The van der Waals surface area contributed by atoms with Gasteiger partial charge in [-0.2, -0.15) is 0 Å². The Kier molecular flexibility index (Phi) is 6.43. The van der Waals surface area contributed by atoms with Crippen LogP contribution in [-0.2, 0) is 14.4 Å². The molecule has 1 aromatic carbocycles. The maximum Gasteiger partial charge on any atom is 0.229 e. The largest absolute Gasteiger partial charge is 0.350 e. The summed E-state index contributed by atoms with van der Waals surface area (Å²) in [5, 5.41) is 3.45. The molecule has 6 heteroatoms. The van der Waals surface area contributed by atoms with Gasteiger partial charge in [-0.3, -0.25) is 19.3 Å². The number of carbonyl (C=O) groups is 3. The van der Waals surface area contributed by atoms with Crippen molar-refractivity contribution in [3.8, 4) is 0 Å². The average molecular weight is 348 g/mol. The van der Waals surface area contributed by atoms with E-state index in [1.807, 2.05) is 19.1 Å². The third-order valence-electron chi connectivity index (χ3n) is 3.85. The molecule has 2 rings (SSSR count).